The molecule has 0 aliphatic heterocycles. The Kier molecular flexibility index (Phi) is 7.43. The average molecular weight is 472 g/mol. The maximum Gasteiger partial charge on any atom is 0.191 e. The van der Waals surface area contributed by atoms with E-state index in [0.29, 0.717) is 12.5 Å². The van der Waals surface area contributed by atoms with E-state index < -0.39 is 0 Å². The Morgan fingerprint density at radius 3 is 2.73 bits per heavy atom. The molecule has 2 unspecified atom stereocenters. The summed E-state index contributed by atoms with van der Waals surface area (Å²) in [4.78, 5) is 4.28. The van der Waals surface area contributed by atoms with Crippen molar-refractivity contribution in [3.63, 3.8) is 0 Å². The second-order valence-corrected chi connectivity index (χ2v) is 6.28. The van der Waals surface area contributed by atoms with Crippen LogP contribution in [0.5, 0.6) is 0 Å². The minimum Gasteiger partial charge on any atom is -0.361 e. The van der Waals surface area contributed by atoms with Crippen molar-refractivity contribution in [1.29, 1.82) is 0 Å². The molecule has 1 saturated carbocycles. The van der Waals surface area contributed by atoms with E-state index in [9.17, 15) is 4.39 Å². The highest BCUT2D eigenvalue weighted by molar-refractivity contribution is 14.0. The van der Waals surface area contributed by atoms with Crippen molar-refractivity contribution < 1.29 is 8.91 Å². The highest BCUT2D eigenvalue weighted by Gasteiger charge is 2.40. The molecular formula is C19H26FIN4O. The first-order chi connectivity index (χ1) is 12.2. The van der Waals surface area contributed by atoms with Gasteiger partial charge < -0.3 is 15.2 Å². The maximum absolute atomic E-state index is 13.9. The monoisotopic (exact) mass is 472 g/mol. The number of rotatable bonds is 6. The second kappa shape index (κ2) is 9.34. The van der Waals surface area contributed by atoms with E-state index >= 15 is 0 Å². The highest BCUT2D eigenvalue weighted by Crippen LogP contribution is 2.41. The van der Waals surface area contributed by atoms with Gasteiger partial charge >= 0.3 is 0 Å². The number of nitrogens with one attached hydrogen (secondary N) is 2. The van der Waals surface area contributed by atoms with Gasteiger partial charge in [-0.05, 0) is 24.5 Å². The van der Waals surface area contributed by atoms with Gasteiger partial charge in [-0.15, -0.1) is 24.0 Å². The molecule has 5 nitrogen and oxygen atoms in total. The summed E-state index contributed by atoms with van der Waals surface area (Å²) in [5, 5.41) is 10.8. The smallest absolute Gasteiger partial charge is 0.191 e. The van der Waals surface area contributed by atoms with Crippen LogP contribution in [0.4, 0.5) is 4.39 Å². The van der Waals surface area contributed by atoms with Gasteiger partial charge in [0.25, 0.3) is 0 Å². The summed E-state index contributed by atoms with van der Waals surface area (Å²) >= 11 is 0. The zero-order valence-electron chi connectivity index (χ0n) is 15.4. The van der Waals surface area contributed by atoms with Crippen molar-refractivity contribution >= 4 is 29.9 Å². The fraction of sp³-hybridized carbons (Fsp3) is 0.474. The topological polar surface area (TPSA) is 62.5 Å². The average Bonchev–Trinajstić information content (AvgIpc) is 3.27. The normalized spacial score (nSPS) is 19.0. The summed E-state index contributed by atoms with van der Waals surface area (Å²) in [5.41, 5.74) is 2.86. The number of aromatic nitrogens is 1. The predicted octanol–water partition coefficient (Wildman–Crippen LogP) is 3.78. The van der Waals surface area contributed by atoms with Gasteiger partial charge in [-0.1, -0.05) is 37.2 Å². The molecule has 1 aromatic heterocycles. The van der Waals surface area contributed by atoms with E-state index in [1.807, 2.05) is 12.1 Å². The highest BCUT2D eigenvalue weighted by atomic mass is 127. The van der Waals surface area contributed by atoms with E-state index in [2.05, 4.69) is 34.6 Å². The molecule has 2 aromatic rings. The van der Waals surface area contributed by atoms with E-state index in [4.69, 9.17) is 4.52 Å². The molecule has 0 radical (unpaired) electrons. The second-order valence-electron chi connectivity index (χ2n) is 6.28. The largest absolute Gasteiger partial charge is 0.361 e. The van der Waals surface area contributed by atoms with Gasteiger partial charge in [0, 0.05) is 37.5 Å². The third kappa shape index (κ3) is 4.55. The molecule has 1 heterocycles. The number of nitrogens with zero attached hydrogens (tertiary/aromatic N) is 2. The van der Waals surface area contributed by atoms with Crippen molar-refractivity contribution in [2.24, 2.45) is 4.99 Å². The zero-order valence-corrected chi connectivity index (χ0v) is 17.7. The summed E-state index contributed by atoms with van der Waals surface area (Å²) in [5.74, 6) is 1.70. The van der Waals surface area contributed by atoms with Crippen LogP contribution in [0.1, 0.15) is 48.8 Å². The molecule has 1 aliphatic carbocycles. The standard InChI is InChI=1S/C19H25FN4O.HI/c1-4-16-14(18(5-2)25-24-16)11-22-19(21-3)23-17-10-13(17)12-8-6-7-9-15(12)20;/h6-9,13,17H,4-5,10-11H2,1-3H3,(H2,21,22,23);1H. The number of halogens is 2. The molecule has 142 valence electrons. The van der Waals surface area contributed by atoms with E-state index in [1.54, 1.807) is 13.1 Å². The minimum atomic E-state index is -0.135. The van der Waals surface area contributed by atoms with Gasteiger partial charge in [-0.25, -0.2) is 4.39 Å². The lowest BCUT2D eigenvalue weighted by Crippen LogP contribution is -2.38. The summed E-state index contributed by atoms with van der Waals surface area (Å²) in [6.07, 6.45) is 2.56. The number of aryl methyl sites for hydroxylation is 2. The third-order valence-corrected chi connectivity index (χ3v) is 4.68. The van der Waals surface area contributed by atoms with Crippen LogP contribution in [0.3, 0.4) is 0 Å². The first-order valence-electron chi connectivity index (χ1n) is 8.85. The number of guanidine groups is 1. The van der Waals surface area contributed by atoms with Gasteiger partial charge in [-0.3, -0.25) is 4.99 Å². The van der Waals surface area contributed by atoms with Crippen molar-refractivity contribution in [3.8, 4) is 0 Å². The van der Waals surface area contributed by atoms with Crippen LogP contribution >= 0.6 is 24.0 Å². The molecule has 3 rings (SSSR count). The first kappa shape index (κ1) is 20.7. The van der Waals surface area contributed by atoms with Crippen LogP contribution < -0.4 is 10.6 Å². The molecular weight excluding hydrogens is 446 g/mol. The van der Waals surface area contributed by atoms with Gasteiger partial charge in [0.1, 0.15) is 11.6 Å². The van der Waals surface area contributed by atoms with Crippen LogP contribution in [-0.4, -0.2) is 24.2 Å². The van der Waals surface area contributed by atoms with Gasteiger partial charge in [0.15, 0.2) is 5.96 Å². The molecule has 2 N–H and O–H groups in total. The number of benzene rings is 1. The Hall–Kier alpha value is -1.64. The first-order valence-corrected chi connectivity index (χ1v) is 8.85. The molecule has 0 spiro atoms. The van der Waals surface area contributed by atoms with Gasteiger partial charge in [0.05, 0.1) is 5.69 Å². The maximum atomic E-state index is 13.9. The fourth-order valence-corrected chi connectivity index (χ4v) is 3.15. The molecule has 0 amide bonds. The lowest BCUT2D eigenvalue weighted by atomic mass is 10.1. The van der Waals surface area contributed by atoms with Crippen molar-refractivity contribution in [3.05, 3.63) is 52.7 Å². The lowest BCUT2D eigenvalue weighted by Gasteiger charge is -2.12. The molecule has 7 heteroatoms. The van der Waals surface area contributed by atoms with E-state index in [0.717, 1.165) is 41.8 Å². The van der Waals surface area contributed by atoms with Crippen LogP contribution in [0.25, 0.3) is 0 Å². The molecule has 1 fully saturated rings. The van der Waals surface area contributed by atoms with Crippen LogP contribution in [0.15, 0.2) is 33.8 Å². The SMILES string of the molecule is CCc1noc(CC)c1CNC(=NC)NC1CC1c1ccccc1F.I. The molecule has 0 saturated heterocycles. The quantitative estimate of drug-likeness (QED) is 0.382. The summed E-state index contributed by atoms with van der Waals surface area (Å²) in [6.45, 7) is 4.74. The Bertz CT molecular complexity index is 740. The van der Waals surface area contributed by atoms with Crippen LogP contribution in [0, 0.1) is 5.82 Å². The molecule has 1 aliphatic rings. The molecule has 2 atom stereocenters. The van der Waals surface area contributed by atoms with E-state index in [-0.39, 0.29) is 41.8 Å². The minimum absolute atomic E-state index is 0. The van der Waals surface area contributed by atoms with Gasteiger partial charge in [0.2, 0.25) is 0 Å². The number of hydrogen-bond donors (Lipinski definition) is 2. The fourth-order valence-electron chi connectivity index (χ4n) is 3.15. The Labute approximate surface area is 170 Å². The van der Waals surface area contributed by atoms with Crippen molar-refractivity contribution in [2.45, 2.75) is 51.6 Å². The van der Waals surface area contributed by atoms with Crippen molar-refractivity contribution in [1.82, 2.24) is 15.8 Å². The van der Waals surface area contributed by atoms with E-state index in [1.165, 1.54) is 6.07 Å². The number of aliphatic imine (C=N–C) groups is 1. The van der Waals surface area contributed by atoms with Crippen LogP contribution in [0.2, 0.25) is 0 Å². The Balaban J connectivity index is 0.00000243. The predicted molar refractivity (Wildman–Crippen MR) is 112 cm³/mol. The van der Waals surface area contributed by atoms with Crippen LogP contribution in [-0.2, 0) is 19.4 Å². The lowest BCUT2D eigenvalue weighted by molar-refractivity contribution is 0.380. The molecule has 1 aromatic carbocycles. The van der Waals surface area contributed by atoms with Gasteiger partial charge in [-0.2, -0.15) is 0 Å². The summed E-state index contributed by atoms with van der Waals surface area (Å²) in [6, 6.07) is 7.19. The summed E-state index contributed by atoms with van der Waals surface area (Å²) < 4.78 is 19.3. The third-order valence-electron chi connectivity index (χ3n) is 4.68. The Morgan fingerprint density at radius 1 is 1.31 bits per heavy atom. The summed E-state index contributed by atoms with van der Waals surface area (Å²) in [7, 11) is 1.74. The molecule has 0 bridgehead atoms. The Morgan fingerprint density at radius 2 is 2.08 bits per heavy atom. The zero-order chi connectivity index (χ0) is 17.8. The number of hydrogen-bond acceptors (Lipinski definition) is 3. The molecule has 26 heavy (non-hydrogen) atoms. The van der Waals surface area contributed by atoms with Crippen molar-refractivity contribution in [2.75, 3.05) is 7.05 Å².